The second-order valence-corrected chi connectivity index (χ2v) is 10.5. The van der Waals surface area contributed by atoms with Gasteiger partial charge in [0.2, 0.25) is 15.9 Å². The number of hydrogen-bond acceptors (Lipinski definition) is 5. The monoisotopic (exact) mass is 479 g/mol. The van der Waals surface area contributed by atoms with Crippen molar-refractivity contribution in [2.75, 3.05) is 11.9 Å². The molecule has 0 saturated carbocycles. The number of fused-ring (bicyclic) bond motifs is 1. The topological polar surface area (TPSA) is 79.4 Å². The number of carbonyl (C=O) groups excluding carboxylic acids is 1. The number of aromatic nitrogens is 1. The fourth-order valence-electron chi connectivity index (χ4n) is 3.29. The van der Waals surface area contributed by atoms with Gasteiger partial charge in [-0.25, -0.2) is 13.4 Å². The Morgan fingerprint density at radius 2 is 2.00 bits per heavy atom. The van der Waals surface area contributed by atoms with E-state index in [1.807, 2.05) is 25.1 Å². The summed E-state index contributed by atoms with van der Waals surface area (Å²) in [6, 6.07) is 11.7. The van der Waals surface area contributed by atoms with Gasteiger partial charge in [0.05, 0.1) is 15.1 Å². The van der Waals surface area contributed by atoms with Gasteiger partial charge in [-0.1, -0.05) is 35.1 Å². The zero-order valence-electron chi connectivity index (χ0n) is 15.1. The maximum atomic E-state index is 13.0. The summed E-state index contributed by atoms with van der Waals surface area (Å²) in [4.78, 5) is 17.5. The van der Waals surface area contributed by atoms with Crippen molar-refractivity contribution in [2.45, 2.75) is 30.7 Å². The van der Waals surface area contributed by atoms with Crippen LogP contribution < -0.4 is 5.32 Å². The first-order valence-electron chi connectivity index (χ1n) is 8.81. The van der Waals surface area contributed by atoms with E-state index >= 15 is 0 Å². The maximum Gasteiger partial charge on any atom is 0.244 e. The van der Waals surface area contributed by atoms with Gasteiger partial charge in [-0.3, -0.25) is 4.79 Å². The van der Waals surface area contributed by atoms with E-state index in [2.05, 4.69) is 26.2 Å². The standard InChI is InChI=1S/C19H18BrN3O3S2/c1-12-7-9-13(10-8-12)28(25,26)23-11-3-5-15(23)18(24)22-19-21-17-14(20)4-2-6-16(17)27-19/h2,4,6-10,15H,3,5,11H2,1H3,(H,21,22,24). The summed E-state index contributed by atoms with van der Waals surface area (Å²) < 4.78 is 29.1. The van der Waals surface area contributed by atoms with Crippen LogP contribution >= 0.6 is 27.3 Å². The van der Waals surface area contributed by atoms with Gasteiger partial charge in [0, 0.05) is 11.0 Å². The second kappa shape index (κ2) is 7.55. The Morgan fingerprint density at radius 1 is 1.25 bits per heavy atom. The predicted molar refractivity (Wildman–Crippen MR) is 114 cm³/mol. The predicted octanol–water partition coefficient (Wildman–Crippen LogP) is 4.16. The quantitative estimate of drug-likeness (QED) is 0.609. The third-order valence-corrected chi connectivity index (χ3v) is 8.23. The van der Waals surface area contributed by atoms with Crippen LogP contribution in [0.5, 0.6) is 0 Å². The molecule has 1 N–H and O–H groups in total. The summed E-state index contributed by atoms with van der Waals surface area (Å²) in [5, 5.41) is 3.27. The molecular formula is C19H18BrN3O3S2. The summed E-state index contributed by atoms with van der Waals surface area (Å²) in [5.74, 6) is -0.344. The molecule has 0 bridgehead atoms. The van der Waals surface area contributed by atoms with Crippen molar-refractivity contribution >= 4 is 58.5 Å². The average Bonchev–Trinajstić information content (AvgIpc) is 3.30. The van der Waals surface area contributed by atoms with Crippen molar-refractivity contribution < 1.29 is 13.2 Å². The van der Waals surface area contributed by atoms with Crippen molar-refractivity contribution in [2.24, 2.45) is 0 Å². The Balaban J connectivity index is 1.57. The molecule has 1 amide bonds. The van der Waals surface area contributed by atoms with Crippen LogP contribution in [-0.2, 0) is 14.8 Å². The maximum absolute atomic E-state index is 13.0. The van der Waals surface area contributed by atoms with Crippen LogP contribution in [0.4, 0.5) is 5.13 Å². The summed E-state index contributed by atoms with van der Waals surface area (Å²) in [6.07, 6.45) is 1.14. The van der Waals surface area contributed by atoms with E-state index in [-0.39, 0.29) is 10.8 Å². The molecule has 3 aromatic rings. The number of rotatable bonds is 4. The minimum absolute atomic E-state index is 0.210. The number of para-hydroxylation sites is 1. The third kappa shape index (κ3) is 3.59. The first-order chi connectivity index (χ1) is 13.4. The van der Waals surface area contributed by atoms with Gasteiger partial charge in [-0.05, 0) is 60.0 Å². The zero-order valence-corrected chi connectivity index (χ0v) is 18.3. The number of hydrogen-bond donors (Lipinski definition) is 1. The van der Waals surface area contributed by atoms with Crippen molar-refractivity contribution in [1.29, 1.82) is 0 Å². The number of carbonyl (C=O) groups is 1. The number of halogens is 1. The summed E-state index contributed by atoms with van der Waals surface area (Å²) in [7, 11) is -3.73. The molecule has 0 aliphatic carbocycles. The van der Waals surface area contributed by atoms with Crippen LogP contribution in [0.15, 0.2) is 51.8 Å². The molecule has 146 valence electrons. The van der Waals surface area contributed by atoms with Gasteiger partial charge in [0.25, 0.3) is 0 Å². The van der Waals surface area contributed by atoms with E-state index in [0.29, 0.717) is 24.5 Å². The summed E-state index contributed by atoms with van der Waals surface area (Å²) in [6.45, 7) is 2.23. The molecule has 1 aliphatic heterocycles. The molecule has 4 rings (SSSR count). The minimum atomic E-state index is -3.73. The third-order valence-electron chi connectivity index (χ3n) is 4.73. The van der Waals surface area contributed by atoms with E-state index in [1.165, 1.54) is 15.6 Å². The second-order valence-electron chi connectivity index (χ2n) is 6.68. The lowest BCUT2D eigenvalue weighted by Gasteiger charge is -2.23. The highest BCUT2D eigenvalue weighted by Crippen LogP contribution is 2.32. The lowest BCUT2D eigenvalue weighted by molar-refractivity contribution is -0.119. The number of nitrogens with one attached hydrogen (secondary N) is 1. The van der Waals surface area contributed by atoms with Crippen LogP contribution in [0.3, 0.4) is 0 Å². The van der Waals surface area contributed by atoms with Gasteiger partial charge in [0.1, 0.15) is 6.04 Å². The molecular weight excluding hydrogens is 462 g/mol. The first kappa shape index (κ1) is 19.5. The molecule has 1 atom stereocenters. The van der Waals surface area contributed by atoms with Crippen LogP contribution in [0.25, 0.3) is 10.2 Å². The largest absolute Gasteiger partial charge is 0.301 e. The molecule has 0 radical (unpaired) electrons. The Bertz CT molecular complexity index is 1140. The Labute approximate surface area is 175 Å². The lowest BCUT2D eigenvalue weighted by atomic mass is 10.2. The van der Waals surface area contributed by atoms with Crippen molar-refractivity contribution in [3.8, 4) is 0 Å². The molecule has 1 unspecified atom stereocenters. The van der Waals surface area contributed by atoms with E-state index in [9.17, 15) is 13.2 Å². The Hall–Kier alpha value is -1.81. The number of amides is 1. The number of nitrogens with zero attached hydrogens (tertiary/aromatic N) is 2. The fourth-order valence-corrected chi connectivity index (χ4v) is 6.43. The first-order valence-corrected chi connectivity index (χ1v) is 11.9. The fraction of sp³-hybridized carbons (Fsp3) is 0.263. The molecule has 1 aromatic heterocycles. The molecule has 2 aromatic carbocycles. The lowest BCUT2D eigenvalue weighted by Crippen LogP contribution is -2.43. The SMILES string of the molecule is Cc1ccc(S(=O)(=O)N2CCCC2C(=O)Nc2nc3c(Br)cccc3s2)cc1. The van der Waals surface area contributed by atoms with Crippen molar-refractivity contribution in [3.05, 3.63) is 52.5 Å². The summed E-state index contributed by atoms with van der Waals surface area (Å²) in [5.41, 5.74) is 1.76. The van der Waals surface area contributed by atoms with E-state index in [0.717, 1.165) is 20.3 Å². The molecule has 28 heavy (non-hydrogen) atoms. The number of sulfonamides is 1. The molecule has 6 nitrogen and oxygen atoms in total. The molecule has 1 aliphatic rings. The molecule has 9 heteroatoms. The van der Waals surface area contributed by atoms with Gasteiger partial charge in [-0.15, -0.1) is 0 Å². The van der Waals surface area contributed by atoms with Crippen LogP contribution in [-0.4, -0.2) is 36.2 Å². The number of anilines is 1. The Morgan fingerprint density at radius 3 is 2.71 bits per heavy atom. The van der Waals surface area contributed by atoms with Gasteiger partial charge < -0.3 is 5.32 Å². The normalized spacial score (nSPS) is 17.9. The average molecular weight is 480 g/mol. The highest BCUT2D eigenvalue weighted by molar-refractivity contribution is 9.10. The highest BCUT2D eigenvalue weighted by Gasteiger charge is 2.39. The minimum Gasteiger partial charge on any atom is -0.301 e. The van der Waals surface area contributed by atoms with E-state index in [1.54, 1.807) is 24.3 Å². The molecule has 1 saturated heterocycles. The van der Waals surface area contributed by atoms with Gasteiger partial charge >= 0.3 is 0 Å². The van der Waals surface area contributed by atoms with E-state index < -0.39 is 16.1 Å². The van der Waals surface area contributed by atoms with E-state index in [4.69, 9.17) is 0 Å². The zero-order chi connectivity index (χ0) is 19.9. The smallest absolute Gasteiger partial charge is 0.244 e. The van der Waals surface area contributed by atoms with Gasteiger partial charge in [-0.2, -0.15) is 4.31 Å². The molecule has 1 fully saturated rings. The van der Waals surface area contributed by atoms with Crippen LogP contribution in [0.1, 0.15) is 18.4 Å². The molecule has 0 spiro atoms. The van der Waals surface area contributed by atoms with Gasteiger partial charge in [0.15, 0.2) is 5.13 Å². The number of aryl methyl sites for hydroxylation is 1. The number of benzene rings is 2. The van der Waals surface area contributed by atoms with Crippen molar-refractivity contribution in [1.82, 2.24) is 9.29 Å². The Kier molecular flexibility index (Phi) is 5.26. The van der Waals surface area contributed by atoms with Crippen LogP contribution in [0, 0.1) is 6.92 Å². The van der Waals surface area contributed by atoms with Crippen LogP contribution in [0.2, 0.25) is 0 Å². The highest BCUT2D eigenvalue weighted by atomic mass is 79.9. The molecule has 2 heterocycles. The number of thiazole rings is 1. The summed E-state index contributed by atoms with van der Waals surface area (Å²) >= 11 is 4.82. The van der Waals surface area contributed by atoms with Crippen molar-refractivity contribution in [3.63, 3.8) is 0 Å².